The molecule has 1 aromatic carbocycles. The van der Waals surface area contributed by atoms with Crippen molar-refractivity contribution in [2.24, 2.45) is 0 Å². The highest BCUT2D eigenvalue weighted by Gasteiger charge is 2.18. The minimum Gasteiger partial charge on any atom is -0.313 e. The molecule has 0 saturated heterocycles. The van der Waals surface area contributed by atoms with Crippen molar-refractivity contribution in [3.05, 3.63) is 29.8 Å². The van der Waals surface area contributed by atoms with Crippen molar-refractivity contribution in [2.75, 3.05) is 20.1 Å². The van der Waals surface area contributed by atoms with Gasteiger partial charge in [0.1, 0.15) is 0 Å². The molecule has 0 atom stereocenters. The molecule has 1 N–H and O–H groups in total. The molecule has 0 aliphatic rings. The normalized spacial score (nSPS) is 12.0. The predicted octanol–water partition coefficient (Wildman–Crippen LogP) is 1.44. The molecule has 4 nitrogen and oxygen atoms in total. The first-order valence-corrected chi connectivity index (χ1v) is 7.22. The summed E-state index contributed by atoms with van der Waals surface area (Å²) in [5.74, 6) is 0. The SMILES string of the molecule is CCNCc1ccc(S(=O)(=O)N(C)CC)cc1. The lowest BCUT2D eigenvalue weighted by Crippen LogP contribution is -2.26. The highest BCUT2D eigenvalue weighted by molar-refractivity contribution is 7.89. The van der Waals surface area contributed by atoms with Gasteiger partial charge in [0.25, 0.3) is 0 Å². The molecule has 5 heteroatoms. The Kier molecular flexibility index (Phi) is 5.11. The number of hydrogen-bond acceptors (Lipinski definition) is 3. The van der Waals surface area contributed by atoms with Crippen LogP contribution in [0.1, 0.15) is 19.4 Å². The monoisotopic (exact) mass is 256 g/mol. The van der Waals surface area contributed by atoms with Crippen molar-refractivity contribution in [1.82, 2.24) is 9.62 Å². The molecule has 0 spiro atoms. The van der Waals surface area contributed by atoms with E-state index in [1.54, 1.807) is 19.2 Å². The molecule has 17 heavy (non-hydrogen) atoms. The zero-order chi connectivity index (χ0) is 12.9. The van der Waals surface area contributed by atoms with Crippen molar-refractivity contribution >= 4 is 10.0 Å². The summed E-state index contributed by atoms with van der Waals surface area (Å²) in [7, 11) is -1.73. The predicted molar refractivity (Wildman–Crippen MR) is 69.3 cm³/mol. The van der Waals surface area contributed by atoms with Gasteiger partial charge in [-0.25, -0.2) is 12.7 Å². The topological polar surface area (TPSA) is 49.4 Å². The van der Waals surface area contributed by atoms with Crippen molar-refractivity contribution in [1.29, 1.82) is 0 Å². The lowest BCUT2D eigenvalue weighted by molar-refractivity contribution is 0.486. The average Bonchev–Trinajstić information content (AvgIpc) is 2.35. The molecule has 0 unspecified atom stereocenters. The van der Waals surface area contributed by atoms with Crippen LogP contribution in [-0.4, -0.2) is 32.9 Å². The van der Waals surface area contributed by atoms with Crippen LogP contribution < -0.4 is 5.32 Å². The van der Waals surface area contributed by atoms with Gasteiger partial charge >= 0.3 is 0 Å². The minimum absolute atomic E-state index is 0.349. The van der Waals surface area contributed by atoms with Gasteiger partial charge in [0.15, 0.2) is 0 Å². The van der Waals surface area contributed by atoms with Crippen LogP contribution in [0.2, 0.25) is 0 Å². The van der Waals surface area contributed by atoms with Crippen LogP contribution in [0.5, 0.6) is 0 Å². The number of benzene rings is 1. The molecule has 0 aliphatic carbocycles. The summed E-state index contributed by atoms with van der Waals surface area (Å²) in [6.07, 6.45) is 0. The fourth-order valence-electron chi connectivity index (χ4n) is 1.40. The molecule has 96 valence electrons. The lowest BCUT2D eigenvalue weighted by Gasteiger charge is -2.15. The molecule has 0 amide bonds. The second-order valence-electron chi connectivity index (χ2n) is 3.84. The van der Waals surface area contributed by atoms with Gasteiger partial charge < -0.3 is 5.32 Å². The Labute approximate surface area is 104 Å². The Morgan fingerprint density at radius 3 is 2.24 bits per heavy atom. The van der Waals surface area contributed by atoms with Gasteiger partial charge in [0, 0.05) is 20.1 Å². The van der Waals surface area contributed by atoms with E-state index in [4.69, 9.17) is 0 Å². The molecule has 1 rings (SSSR count). The summed E-state index contributed by atoms with van der Waals surface area (Å²) < 4.78 is 25.3. The highest BCUT2D eigenvalue weighted by atomic mass is 32.2. The van der Waals surface area contributed by atoms with E-state index in [0.717, 1.165) is 18.7 Å². The summed E-state index contributed by atoms with van der Waals surface area (Å²) in [5.41, 5.74) is 1.09. The van der Waals surface area contributed by atoms with Crippen LogP contribution in [-0.2, 0) is 16.6 Å². The van der Waals surface area contributed by atoms with Crippen LogP contribution in [0.25, 0.3) is 0 Å². The third-order valence-electron chi connectivity index (χ3n) is 2.66. The Morgan fingerprint density at radius 1 is 1.18 bits per heavy atom. The first-order chi connectivity index (χ1) is 8.02. The first kappa shape index (κ1) is 14.2. The van der Waals surface area contributed by atoms with Crippen LogP contribution in [0.4, 0.5) is 0 Å². The fraction of sp³-hybridized carbons (Fsp3) is 0.500. The van der Waals surface area contributed by atoms with E-state index in [1.165, 1.54) is 4.31 Å². The smallest absolute Gasteiger partial charge is 0.242 e. The Hall–Kier alpha value is -0.910. The number of hydrogen-bond donors (Lipinski definition) is 1. The third-order valence-corrected chi connectivity index (χ3v) is 4.60. The molecule has 0 aromatic heterocycles. The summed E-state index contributed by atoms with van der Waals surface area (Å²) in [4.78, 5) is 0.349. The summed E-state index contributed by atoms with van der Waals surface area (Å²) in [5, 5.41) is 3.20. The molecule has 0 aliphatic heterocycles. The van der Waals surface area contributed by atoms with Gasteiger partial charge in [-0.2, -0.15) is 0 Å². The quantitative estimate of drug-likeness (QED) is 0.838. The minimum atomic E-state index is -3.31. The molecule has 0 heterocycles. The molecule has 1 aromatic rings. The number of sulfonamides is 1. The van der Waals surface area contributed by atoms with E-state index in [9.17, 15) is 8.42 Å². The van der Waals surface area contributed by atoms with Gasteiger partial charge in [0.05, 0.1) is 4.90 Å². The van der Waals surface area contributed by atoms with E-state index < -0.39 is 10.0 Å². The first-order valence-electron chi connectivity index (χ1n) is 5.78. The maximum absolute atomic E-state index is 12.0. The van der Waals surface area contributed by atoms with E-state index in [0.29, 0.717) is 11.4 Å². The Balaban J connectivity index is 2.87. The number of nitrogens with one attached hydrogen (secondary N) is 1. The fourth-order valence-corrected chi connectivity index (χ4v) is 2.58. The van der Waals surface area contributed by atoms with Gasteiger partial charge in [-0.1, -0.05) is 26.0 Å². The van der Waals surface area contributed by atoms with Gasteiger partial charge in [-0.15, -0.1) is 0 Å². The second kappa shape index (κ2) is 6.14. The number of rotatable bonds is 6. The highest BCUT2D eigenvalue weighted by Crippen LogP contribution is 2.14. The van der Waals surface area contributed by atoms with Crippen LogP contribution in [0, 0.1) is 0 Å². The molecule has 0 saturated carbocycles. The molecular formula is C12H20N2O2S. The maximum Gasteiger partial charge on any atom is 0.242 e. The van der Waals surface area contributed by atoms with Crippen LogP contribution in [0.15, 0.2) is 29.2 Å². The van der Waals surface area contributed by atoms with E-state index in [2.05, 4.69) is 5.32 Å². The zero-order valence-electron chi connectivity index (χ0n) is 10.6. The molecule has 0 fully saturated rings. The second-order valence-corrected chi connectivity index (χ2v) is 5.89. The summed E-state index contributed by atoms with van der Waals surface area (Å²) in [6, 6.07) is 7.01. The summed E-state index contributed by atoms with van der Waals surface area (Å²) in [6.45, 7) is 5.99. The van der Waals surface area contributed by atoms with E-state index in [-0.39, 0.29) is 0 Å². The van der Waals surface area contributed by atoms with Crippen molar-refractivity contribution in [3.63, 3.8) is 0 Å². The average molecular weight is 256 g/mol. The van der Waals surface area contributed by atoms with Crippen molar-refractivity contribution < 1.29 is 8.42 Å². The lowest BCUT2D eigenvalue weighted by atomic mass is 10.2. The van der Waals surface area contributed by atoms with Crippen molar-refractivity contribution in [2.45, 2.75) is 25.3 Å². The van der Waals surface area contributed by atoms with Gasteiger partial charge in [-0.3, -0.25) is 0 Å². The molecule has 0 radical (unpaired) electrons. The van der Waals surface area contributed by atoms with E-state index in [1.807, 2.05) is 26.0 Å². The summed E-state index contributed by atoms with van der Waals surface area (Å²) >= 11 is 0. The van der Waals surface area contributed by atoms with Crippen molar-refractivity contribution in [3.8, 4) is 0 Å². The maximum atomic E-state index is 12.0. The third kappa shape index (κ3) is 3.52. The zero-order valence-corrected chi connectivity index (χ0v) is 11.4. The number of nitrogens with zero attached hydrogens (tertiary/aromatic N) is 1. The van der Waals surface area contributed by atoms with Crippen LogP contribution in [0.3, 0.4) is 0 Å². The molecular weight excluding hydrogens is 236 g/mol. The molecule has 0 bridgehead atoms. The Morgan fingerprint density at radius 2 is 1.76 bits per heavy atom. The standard InChI is InChI=1S/C12H20N2O2S/c1-4-13-10-11-6-8-12(9-7-11)17(15,16)14(3)5-2/h6-9,13H,4-5,10H2,1-3H3. The van der Waals surface area contributed by atoms with Gasteiger partial charge in [-0.05, 0) is 24.2 Å². The Bertz CT molecular complexity index is 440. The van der Waals surface area contributed by atoms with E-state index >= 15 is 0 Å². The van der Waals surface area contributed by atoms with Gasteiger partial charge in [0.2, 0.25) is 10.0 Å². The van der Waals surface area contributed by atoms with Crippen LogP contribution >= 0.6 is 0 Å². The largest absolute Gasteiger partial charge is 0.313 e.